The van der Waals surface area contributed by atoms with Gasteiger partial charge in [0, 0.05) is 36.0 Å². The van der Waals surface area contributed by atoms with Crippen LogP contribution in [0.15, 0.2) is 24.3 Å². The van der Waals surface area contributed by atoms with Gasteiger partial charge >= 0.3 is 5.97 Å². The van der Waals surface area contributed by atoms with Crippen molar-refractivity contribution in [3.8, 4) is 0 Å². The second kappa shape index (κ2) is 23.9. The van der Waals surface area contributed by atoms with Crippen LogP contribution in [0.3, 0.4) is 0 Å². The molecular formula is C35H55NO19S2. The third kappa shape index (κ3) is 13.4. The molecule has 0 saturated carbocycles. The van der Waals surface area contributed by atoms with Crippen molar-refractivity contribution in [1.82, 2.24) is 5.32 Å². The van der Waals surface area contributed by atoms with E-state index in [-0.39, 0.29) is 31.4 Å². The maximum Gasteiger partial charge on any atom is 0.306 e. The van der Waals surface area contributed by atoms with Gasteiger partial charge in [-0.2, -0.15) is 23.5 Å². The zero-order valence-corrected chi connectivity index (χ0v) is 32.8. The first-order valence-corrected chi connectivity index (χ1v) is 20.7. The zero-order valence-electron chi connectivity index (χ0n) is 31.2. The summed E-state index contributed by atoms with van der Waals surface area (Å²) in [7, 11) is 1.37. The number of amides is 1. The number of hydrogen-bond donors (Lipinski definition) is 11. The first-order valence-electron chi connectivity index (χ1n) is 18.4. The van der Waals surface area contributed by atoms with E-state index in [1.807, 2.05) is 18.2 Å². The highest BCUT2D eigenvalue weighted by Crippen LogP contribution is 2.32. The SMILES string of the molecule is COC(=O)CCSCc1cccc(CSCCC(=O)NCCO[C@@H]2O[C@H](CO)[C@@H](O[C@@H]3O[C@H](CO)[C@H](O[C@H]4O[C@H](CO)[C@H](O)[C@H](O)[C@H]4O)[C@H](O)[C@H]3O)[C@H](O)[C@H]2O)c1. The lowest BCUT2D eigenvalue weighted by Crippen LogP contribution is -2.66. The van der Waals surface area contributed by atoms with E-state index in [4.69, 9.17) is 28.4 Å². The van der Waals surface area contributed by atoms with E-state index in [1.54, 1.807) is 23.5 Å². The summed E-state index contributed by atoms with van der Waals surface area (Å²) in [5.41, 5.74) is 2.25. The van der Waals surface area contributed by atoms with Crippen LogP contribution in [0.2, 0.25) is 0 Å². The third-order valence-corrected chi connectivity index (χ3v) is 11.5. The fraction of sp³-hybridized carbons (Fsp3) is 0.771. The Morgan fingerprint density at radius 2 is 1.16 bits per heavy atom. The van der Waals surface area contributed by atoms with Gasteiger partial charge in [-0.15, -0.1) is 0 Å². The van der Waals surface area contributed by atoms with Gasteiger partial charge in [-0.05, 0) is 11.1 Å². The predicted molar refractivity (Wildman–Crippen MR) is 198 cm³/mol. The molecule has 1 amide bonds. The standard InChI is InChI=1S/C35H55NO19S2/c1-49-23(41)6-10-57-16-18-4-2-3-17(11-18)15-56-9-5-22(40)36-7-8-50-33-29(47)26(44)31(20(13-38)52-33)55-35-30(48)27(45)32(21(14-39)53-35)54-34-28(46)25(43)24(42)19(12-37)51-34/h2-4,11,19-21,24-35,37-39,42-48H,5-10,12-16H2,1H3,(H,36,40)/t19-,20-,21-,24+,25+,26-,27-,28-,29-,30-,31-,32+,33-,34-,35+/m1/s1. The lowest BCUT2D eigenvalue weighted by molar-refractivity contribution is -0.379. The highest BCUT2D eigenvalue weighted by atomic mass is 32.2. The molecule has 0 spiro atoms. The summed E-state index contributed by atoms with van der Waals surface area (Å²) in [4.78, 5) is 23.7. The molecule has 15 atom stereocenters. The number of carbonyl (C=O) groups is 2. The van der Waals surface area contributed by atoms with Gasteiger partial charge in [-0.25, -0.2) is 0 Å². The molecule has 326 valence electrons. The van der Waals surface area contributed by atoms with Gasteiger partial charge in [0.2, 0.25) is 5.91 Å². The molecule has 22 heteroatoms. The maximum absolute atomic E-state index is 12.4. The quantitative estimate of drug-likeness (QED) is 0.0412. The smallest absolute Gasteiger partial charge is 0.306 e. The number of aliphatic hydroxyl groups excluding tert-OH is 10. The normalized spacial score (nSPS) is 35.8. The fourth-order valence-corrected chi connectivity index (χ4v) is 8.01. The molecule has 3 aliphatic rings. The Kier molecular flexibility index (Phi) is 20.1. The molecule has 3 saturated heterocycles. The number of rotatable bonds is 21. The van der Waals surface area contributed by atoms with Gasteiger partial charge < -0.3 is 89.5 Å². The molecule has 0 aromatic heterocycles. The van der Waals surface area contributed by atoms with Gasteiger partial charge in [0.1, 0.15) is 73.2 Å². The molecule has 11 N–H and O–H groups in total. The van der Waals surface area contributed by atoms with E-state index >= 15 is 0 Å². The molecule has 0 aliphatic carbocycles. The van der Waals surface area contributed by atoms with E-state index in [0.29, 0.717) is 23.7 Å². The largest absolute Gasteiger partial charge is 0.469 e. The minimum Gasteiger partial charge on any atom is -0.469 e. The average Bonchev–Trinajstić information content (AvgIpc) is 3.21. The van der Waals surface area contributed by atoms with Crippen molar-refractivity contribution in [2.45, 2.75) is 116 Å². The van der Waals surface area contributed by atoms with Crippen molar-refractivity contribution in [3.63, 3.8) is 0 Å². The Balaban J connectivity index is 1.18. The first kappa shape index (κ1) is 47.9. The van der Waals surface area contributed by atoms with Crippen LogP contribution in [0.4, 0.5) is 0 Å². The van der Waals surface area contributed by atoms with Gasteiger partial charge in [-0.3, -0.25) is 9.59 Å². The van der Waals surface area contributed by atoms with Crippen LogP contribution in [-0.4, -0.2) is 207 Å². The van der Waals surface area contributed by atoms with Crippen LogP contribution >= 0.6 is 23.5 Å². The fourth-order valence-electron chi connectivity index (χ4n) is 6.25. The maximum atomic E-state index is 12.4. The Morgan fingerprint density at radius 3 is 1.70 bits per heavy atom. The van der Waals surface area contributed by atoms with E-state index in [1.165, 1.54) is 7.11 Å². The topological polar surface area (TPSA) is 313 Å². The number of esters is 1. The van der Waals surface area contributed by atoms with Gasteiger partial charge in [0.15, 0.2) is 18.9 Å². The third-order valence-electron chi connectivity index (χ3n) is 9.46. The summed E-state index contributed by atoms with van der Waals surface area (Å²) >= 11 is 3.24. The molecule has 3 aliphatic heterocycles. The second-order valence-electron chi connectivity index (χ2n) is 13.5. The molecule has 1 aromatic carbocycles. The van der Waals surface area contributed by atoms with Crippen LogP contribution < -0.4 is 5.32 Å². The monoisotopic (exact) mass is 857 g/mol. The number of hydrogen-bond acceptors (Lipinski definition) is 21. The number of ether oxygens (including phenoxy) is 7. The number of nitrogens with one attached hydrogen (secondary N) is 1. The molecule has 0 radical (unpaired) electrons. The van der Waals surface area contributed by atoms with Gasteiger partial charge in [0.25, 0.3) is 0 Å². The summed E-state index contributed by atoms with van der Waals surface area (Å²) in [6, 6.07) is 8.10. The number of thioether (sulfide) groups is 2. The molecule has 3 fully saturated rings. The number of methoxy groups -OCH3 is 1. The minimum absolute atomic E-state index is 0.0422. The summed E-state index contributed by atoms with van der Waals surface area (Å²) in [5, 5.41) is 106. The van der Waals surface area contributed by atoms with Crippen molar-refractivity contribution in [2.75, 3.05) is 51.6 Å². The van der Waals surface area contributed by atoms with E-state index < -0.39 is 112 Å². The lowest BCUT2D eigenvalue weighted by atomic mass is 9.96. The van der Waals surface area contributed by atoms with Crippen LogP contribution in [-0.2, 0) is 54.3 Å². The second-order valence-corrected chi connectivity index (χ2v) is 15.7. The van der Waals surface area contributed by atoms with E-state index in [0.717, 1.165) is 16.9 Å². The highest BCUT2D eigenvalue weighted by molar-refractivity contribution is 7.98. The molecule has 3 heterocycles. The minimum atomic E-state index is -1.95. The molecule has 4 rings (SSSR count). The Morgan fingerprint density at radius 1 is 0.667 bits per heavy atom. The molecular weight excluding hydrogens is 803 g/mol. The van der Waals surface area contributed by atoms with Crippen LogP contribution in [0.5, 0.6) is 0 Å². The molecule has 1 aromatic rings. The molecule has 57 heavy (non-hydrogen) atoms. The number of carbonyl (C=O) groups excluding carboxylic acids is 2. The summed E-state index contributed by atoms with van der Waals surface area (Å²) in [6.07, 6.45) is -24.5. The van der Waals surface area contributed by atoms with Crippen molar-refractivity contribution in [2.24, 2.45) is 0 Å². The zero-order chi connectivity index (χ0) is 41.6. The van der Waals surface area contributed by atoms with Crippen molar-refractivity contribution in [1.29, 1.82) is 0 Å². The van der Waals surface area contributed by atoms with Crippen molar-refractivity contribution >= 4 is 35.4 Å². The van der Waals surface area contributed by atoms with Crippen molar-refractivity contribution in [3.05, 3.63) is 35.4 Å². The van der Waals surface area contributed by atoms with E-state index in [9.17, 15) is 60.7 Å². The Hall–Kier alpha value is -1.78. The van der Waals surface area contributed by atoms with Gasteiger partial charge in [-0.1, -0.05) is 24.3 Å². The number of aliphatic hydroxyl groups is 10. The molecule has 0 bridgehead atoms. The van der Waals surface area contributed by atoms with Crippen molar-refractivity contribution < 1.29 is 93.8 Å². The summed E-state index contributed by atoms with van der Waals surface area (Å²) in [6.45, 7) is -2.46. The van der Waals surface area contributed by atoms with Crippen LogP contribution in [0.1, 0.15) is 24.0 Å². The summed E-state index contributed by atoms with van der Waals surface area (Å²) < 4.78 is 37.9. The first-order chi connectivity index (χ1) is 27.3. The van der Waals surface area contributed by atoms with Gasteiger partial charge in [0.05, 0.1) is 40.0 Å². The average molecular weight is 858 g/mol. The Labute approximate surface area is 337 Å². The molecule has 20 nitrogen and oxygen atoms in total. The van der Waals surface area contributed by atoms with Crippen LogP contribution in [0.25, 0.3) is 0 Å². The predicted octanol–water partition coefficient (Wildman–Crippen LogP) is -4.31. The summed E-state index contributed by atoms with van der Waals surface area (Å²) in [5.74, 6) is 2.24. The Bertz CT molecular complexity index is 1360. The highest BCUT2D eigenvalue weighted by Gasteiger charge is 2.53. The molecule has 0 unspecified atom stereocenters. The van der Waals surface area contributed by atoms with E-state index in [2.05, 4.69) is 16.1 Å². The lowest BCUT2D eigenvalue weighted by Gasteiger charge is -2.48. The van der Waals surface area contributed by atoms with Crippen LogP contribution in [0, 0.1) is 0 Å². The number of benzene rings is 1.